The van der Waals surface area contributed by atoms with Crippen molar-refractivity contribution in [3.8, 4) is 11.3 Å². The van der Waals surface area contributed by atoms with Crippen molar-refractivity contribution in [3.63, 3.8) is 0 Å². The number of hydrogen-bond acceptors (Lipinski definition) is 5. The number of rotatable bonds is 4. The quantitative estimate of drug-likeness (QED) is 0.682. The standard InChI is InChI=1S/C22H23N5O2/c1-17-3-2-4-19(15-17)25-11-13-26(14-12-25)22(29)16-27-21(28)6-5-20(24-27)18-7-9-23-10-8-18/h2-10,15H,11-14,16H2,1H3. The molecule has 1 aromatic carbocycles. The van der Waals surface area contributed by atoms with Crippen molar-refractivity contribution in [2.24, 2.45) is 0 Å². The van der Waals surface area contributed by atoms with Crippen molar-refractivity contribution in [2.45, 2.75) is 13.5 Å². The Balaban J connectivity index is 1.42. The van der Waals surface area contributed by atoms with Gasteiger partial charge in [0.2, 0.25) is 5.91 Å². The SMILES string of the molecule is Cc1cccc(N2CCN(C(=O)Cn3nc(-c4ccncc4)ccc3=O)CC2)c1. The number of benzene rings is 1. The maximum absolute atomic E-state index is 12.8. The Bertz CT molecular complexity index is 1060. The predicted octanol–water partition coefficient (Wildman–Crippen LogP) is 1.96. The second-order valence-corrected chi connectivity index (χ2v) is 7.16. The highest BCUT2D eigenvalue weighted by Crippen LogP contribution is 2.18. The van der Waals surface area contributed by atoms with E-state index in [1.807, 2.05) is 12.1 Å². The first-order valence-corrected chi connectivity index (χ1v) is 9.68. The number of anilines is 1. The highest BCUT2D eigenvalue weighted by molar-refractivity contribution is 5.76. The first-order valence-electron chi connectivity index (χ1n) is 9.68. The summed E-state index contributed by atoms with van der Waals surface area (Å²) < 4.78 is 1.24. The van der Waals surface area contributed by atoms with Crippen molar-refractivity contribution >= 4 is 11.6 Å². The van der Waals surface area contributed by atoms with E-state index in [4.69, 9.17) is 0 Å². The number of aromatic nitrogens is 3. The van der Waals surface area contributed by atoms with Crippen LogP contribution >= 0.6 is 0 Å². The number of amides is 1. The summed E-state index contributed by atoms with van der Waals surface area (Å²) in [5.74, 6) is -0.0876. The van der Waals surface area contributed by atoms with Crippen LogP contribution in [0.25, 0.3) is 11.3 Å². The summed E-state index contributed by atoms with van der Waals surface area (Å²) in [5, 5.41) is 4.37. The second kappa shape index (κ2) is 8.26. The molecule has 0 saturated carbocycles. The van der Waals surface area contributed by atoms with Crippen LogP contribution in [0, 0.1) is 6.92 Å². The largest absolute Gasteiger partial charge is 0.368 e. The van der Waals surface area contributed by atoms with Gasteiger partial charge >= 0.3 is 0 Å². The molecule has 1 fully saturated rings. The average Bonchev–Trinajstić information content (AvgIpc) is 2.76. The third-order valence-corrected chi connectivity index (χ3v) is 5.13. The van der Waals surface area contributed by atoms with Crippen LogP contribution in [0.3, 0.4) is 0 Å². The van der Waals surface area contributed by atoms with Crippen LogP contribution in [-0.2, 0) is 11.3 Å². The summed E-state index contributed by atoms with van der Waals surface area (Å²) >= 11 is 0. The van der Waals surface area contributed by atoms with Crippen LogP contribution in [-0.4, -0.2) is 51.8 Å². The smallest absolute Gasteiger partial charge is 0.267 e. The van der Waals surface area contributed by atoms with E-state index >= 15 is 0 Å². The van der Waals surface area contributed by atoms with E-state index in [-0.39, 0.29) is 18.0 Å². The molecular weight excluding hydrogens is 366 g/mol. The predicted molar refractivity (Wildman–Crippen MR) is 112 cm³/mol. The van der Waals surface area contributed by atoms with Crippen molar-refractivity contribution in [2.75, 3.05) is 31.1 Å². The van der Waals surface area contributed by atoms with Gasteiger partial charge in [-0.2, -0.15) is 5.10 Å². The van der Waals surface area contributed by atoms with E-state index < -0.39 is 0 Å². The zero-order valence-corrected chi connectivity index (χ0v) is 16.4. The van der Waals surface area contributed by atoms with Crippen molar-refractivity contribution in [1.82, 2.24) is 19.7 Å². The highest BCUT2D eigenvalue weighted by Gasteiger charge is 2.22. The monoisotopic (exact) mass is 389 g/mol. The third-order valence-electron chi connectivity index (χ3n) is 5.13. The van der Waals surface area contributed by atoms with E-state index in [0.29, 0.717) is 18.8 Å². The summed E-state index contributed by atoms with van der Waals surface area (Å²) in [4.78, 5) is 33.0. The first-order chi connectivity index (χ1) is 14.1. The highest BCUT2D eigenvalue weighted by atomic mass is 16.2. The Kier molecular flexibility index (Phi) is 5.37. The Morgan fingerprint density at radius 1 is 1.00 bits per heavy atom. The molecule has 1 aliphatic rings. The molecule has 0 bridgehead atoms. The molecule has 4 rings (SSSR count). The van der Waals surface area contributed by atoms with Crippen LogP contribution in [0.1, 0.15) is 5.56 Å². The minimum atomic E-state index is -0.283. The Morgan fingerprint density at radius 2 is 1.76 bits per heavy atom. The summed E-state index contributed by atoms with van der Waals surface area (Å²) in [6, 6.07) is 15.1. The van der Waals surface area contributed by atoms with Crippen LogP contribution in [0.2, 0.25) is 0 Å². The van der Waals surface area contributed by atoms with Gasteiger partial charge in [-0.1, -0.05) is 12.1 Å². The van der Waals surface area contributed by atoms with E-state index in [1.165, 1.54) is 22.0 Å². The topological polar surface area (TPSA) is 71.3 Å². The fourth-order valence-corrected chi connectivity index (χ4v) is 3.51. The number of hydrogen-bond donors (Lipinski definition) is 0. The summed E-state index contributed by atoms with van der Waals surface area (Å²) in [5.41, 5.74) is 3.62. The number of carbonyl (C=O) groups is 1. The van der Waals surface area contributed by atoms with Gasteiger partial charge in [0.25, 0.3) is 5.56 Å². The molecule has 0 N–H and O–H groups in total. The average molecular weight is 389 g/mol. The van der Waals surface area contributed by atoms with Gasteiger partial charge in [0.15, 0.2) is 0 Å². The molecule has 0 spiro atoms. The normalized spacial score (nSPS) is 14.1. The number of carbonyl (C=O) groups excluding carboxylic acids is 1. The Labute approximate surface area is 169 Å². The van der Waals surface area contributed by atoms with E-state index in [2.05, 4.69) is 46.2 Å². The molecule has 0 unspecified atom stereocenters. The molecule has 3 aromatic rings. The van der Waals surface area contributed by atoms with Gasteiger partial charge in [-0.25, -0.2) is 4.68 Å². The third kappa shape index (κ3) is 4.34. The number of aryl methyl sites for hydroxylation is 1. The molecular formula is C22H23N5O2. The van der Waals surface area contributed by atoms with Crippen molar-refractivity contribution in [3.05, 3.63) is 76.8 Å². The molecule has 0 atom stereocenters. The van der Waals surface area contributed by atoms with Crippen LogP contribution in [0.5, 0.6) is 0 Å². The molecule has 7 nitrogen and oxygen atoms in total. The minimum Gasteiger partial charge on any atom is -0.368 e. The molecule has 1 aliphatic heterocycles. The summed E-state index contributed by atoms with van der Waals surface area (Å²) in [6.45, 7) is 4.83. The summed E-state index contributed by atoms with van der Waals surface area (Å²) in [6.07, 6.45) is 3.34. The lowest BCUT2D eigenvalue weighted by molar-refractivity contribution is -0.132. The van der Waals surface area contributed by atoms with Gasteiger partial charge in [-0.15, -0.1) is 0 Å². The Hall–Kier alpha value is -3.48. The van der Waals surface area contributed by atoms with E-state index in [0.717, 1.165) is 18.7 Å². The fraction of sp³-hybridized carbons (Fsp3) is 0.273. The zero-order valence-electron chi connectivity index (χ0n) is 16.4. The molecule has 7 heteroatoms. The zero-order chi connectivity index (χ0) is 20.2. The lowest BCUT2D eigenvalue weighted by Crippen LogP contribution is -2.50. The van der Waals surface area contributed by atoms with Crippen molar-refractivity contribution < 1.29 is 4.79 Å². The molecule has 1 saturated heterocycles. The fourth-order valence-electron chi connectivity index (χ4n) is 3.51. The second-order valence-electron chi connectivity index (χ2n) is 7.16. The number of pyridine rings is 1. The van der Waals surface area contributed by atoms with Gasteiger partial charge in [0, 0.05) is 55.9 Å². The molecule has 3 heterocycles. The van der Waals surface area contributed by atoms with E-state index in [9.17, 15) is 9.59 Å². The summed E-state index contributed by atoms with van der Waals surface area (Å²) in [7, 11) is 0. The minimum absolute atomic E-state index is 0.0534. The van der Waals surface area contributed by atoms with Gasteiger partial charge in [0.05, 0.1) is 5.69 Å². The van der Waals surface area contributed by atoms with Gasteiger partial charge in [-0.05, 0) is 42.8 Å². The molecule has 0 aliphatic carbocycles. The number of piperazine rings is 1. The maximum atomic E-state index is 12.8. The Morgan fingerprint density at radius 3 is 2.48 bits per heavy atom. The van der Waals surface area contributed by atoms with Crippen LogP contribution < -0.4 is 10.5 Å². The van der Waals surface area contributed by atoms with Crippen molar-refractivity contribution in [1.29, 1.82) is 0 Å². The first kappa shape index (κ1) is 18.9. The van der Waals surface area contributed by atoms with Crippen LogP contribution in [0.15, 0.2) is 65.7 Å². The van der Waals surface area contributed by atoms with Gasteiger partial charge in [-0.3, -0.25) is 14.6 Å². The molecule has 148 valence electrons. The van der Waals surface area contributed by atoms with Gasteiger partial charge < -0.3 is 9.80 Å². The lowest BCUT2D eigenvalue weighted by atomic mass is 10.2. The molecule has 0 radical (unpaired) electrons. The number of nitrogens with zero attached hydrogens (tertiary/aromatic N) is 5. The molecule has 1 amide bonds. The maximum Gasteiger partial charge on any atom is 0.267 e. The molecule has 2 aromatic heterocycles. The van der Waals surface area contributed by atoms with Gasteiger partial charge in [0.1, 0.15) is 6.54 Å². The van der Waals surface area contributed by atoms with E-state index in [1.54, 1.807) is 23.4 Å². The van der Waals surface area contributed by atoms with Crippen LogP contribution in [0.4, 0.5) is 5.69 Å². The lowest BCUT2D eigenvalue weighted by Gasteiger charge is -2.36. The molecule has 29 heavy (non-hydrogen) atoms.